The van der Waals surface area contributed by atoms with Crippen LogP contribution >= 0.6 is 30.3 Å². The first-order chi connectivity index (χ1) is 13.0. The zero-order chi connectivity index (χ0) is 20.3. The van der Waals surface area contributed by atoms with Gasteiger partial charge in [0.2, 0.25) is 0 Å². The fourth-order valence-corrected chi connectivity index (χ4v) is 4.55. The monoisotopic (exact) mass is 509 g/mol. The summed E-state index contributed by atoms with van der Waals surface area (Å²) in [7, 11) is 7.14. The first-order valence-electron chi connectivity index (χ1n) is 9.69. The summed E-state index contributed by atoms with van der Waals surface area (Å²) in [6, 6.07) is 8.95. The van der Waals surface area contributed by atoms with E-state index in [4.69, 9.17) is 9.47 Å². The summed E-state index contributed by atoms with van der Waals surface area (Å²) in [6.07, 6.45) is 5.35. The molecule has 2 fully saturated rings. The van der Waals surface area contributed by atoms with Gasteiger partial charge in [-0.3, -0.25) is 0 Å². The maximum atomic E-state index is 5.01. The zero-order valence-corrected chi connectivity index (χ0v) is 20.5. The SMILES string of the molecule is CC.CN1CCC2(C)CCC(NNSI)CC12.COc1ccccc1OC. The number of nitrogens with one attached hydrogen (secondary N) is 2. The molecule has 0 amide bonds. The maximum absolute atomic E-state index is 5.01. The molecular weight excluding hydrogens is 473 g/mol. The van der Waals surface area contributed by atoms with Crippen LogP contribution in [-0.4, -0.2) is 44.8 Å². The molecule has 1 aromatic carbocycles. The average Bonchev–Trinajstić information content (AvgIpc) is 3.02. The van der Waals surface area contributed by atoms with Gasteiger partial charge in [0.1, 0.15) is 0 Å². The fourth-order valence-electron chi connectivity index (χ4n) is 3.96. The molecule has 0 spiro atoms. The Morgan fingerprint density at radius 2 is 1.74 bits per heavy atom. The molecule has 3 unspecified atom stereocenters. The lowest BCUT2D eigenvalue weighted by molar-refractivity contribution is 0.110. The first kappa shape index (κ1) is 24.8. The van der Waals surface area contributed by atoms with Gasteiger partial charge in [-0.15, -0.1) is 0 Å². The summed E-state index contributed by atoms with van der Waals surface area (Å²) in [5.41, 5.74) is 3.99. The van der Waals surface area contributed by atoms with E-state index >= 15 is 0 Å². The highest BCUT2D eigenvalue weighted by atomic mass is 127. The third-order valence-electron chi connectivity index (χ3n) is 5.53. The number of nitrogens with zero attached hydrogens (tertiary/aromatic N) is 1. The average molecular weight is 509 g/mol. The lowest BCUT2D eigenvalue weighted by Gasteiger charge is -2.42. The van der Waals surface area contributed by atoms with Crippen molar-refractivity contribution in [2.24, 2.45) is 5.41 Å². The molecule has 1 aromatic rings. The molecule has 0 aromatic heterocycles. The van der Waals surface area contributed by atoms with Gasteiger partial charge < -0.3 is 14.4 Å². The van der Waals surface area contributed by atoms with Crippen molar-refractivity contribution in [3.63, 3.8) is 0 Å². The van der Waals surface area contributed by atoms with Crippen molar-refractivity contribution in [2.45, 2.75) is 58.5 Å². The normalized spacial score (nSPS) is 26.8. The van der Waals surface area contributed by atoms with Crippen LogP contribution in [0.2, 0.25) is 0 Å². The van der Waals surface area contributed by atoms with Crippen molar-refractivity contribution >= 4 is 30.3 Å². The summed E-state index contributed by atoms with van der Waals surface area (Å²) in [5.74, 6) is 1.54. The highest BCUT2D eigenvalue weighted by Gasteiger charge is 2.45. The van der Waals surface area contributed by atoms with Gasteiger partial charge in [0.25, 0.3) is 0 Å². The van der Waals surface area contributed by atoms with E-state index in [9.17, 15) is 0 Å². The minimum Gasteiger partial charge on any atom is -0.493 e. The van der Waals surface area contributed by atoms with Crippen molar-refractivity contribution in [3.05, 3.63) is 24.3 Å². The van der Waals surface area contributed by atoms with Crippen LogP contribution in [0.15, 0.2) is 24.3 Å². The predicted molar refractivity (Wildman–Crippen MR) is 126 cm³/mol. The van der Waals surface area contributed by atoms with Crippen LogP contribution in [0.3, 0.4) is 0 Å². The van der Waals surface area contributed by atoms with Gasteiger partial charge in [-0.1, -0.05) is 32.9 Å². The highest BCUT2D eigenvalue weighted by molar-refractivity contribution is 14.2. The summed E-state index contributed by atoms with van der Waals surface area (Å²) >= 11 is 2.25. The molecule has 1 aliphatic carbocycles. The second kappa shape index (κ2) is 13.1. The first-order valence-corrected chi connectivity index (χ1v) is 13.1. The lowest BCUT2D eigenvalue weighted by atomic mass is 9.70. The zero-order valence-electron chi connectivity index (χ0n) is 17.5. The van der Waals surface area contributed by atoms with E-state index in [1.165, 1.54) is 32.2 Å². The van der Waals surface area contributed by atoms with Gasteiger partial charge >= 0.3 is 0 Å². The molecule has 3 rings (SSSR count). The topological polar surface area (TPSA) is 45.8 Å². The Kier molecular flexibility index (Phi) is 12.0. The van der Waals surface area contributed by atoms with Crippen LogP contribution in [0, 0.1) is 5.41 Å². The molecule has 1 saturated heterocycles. The van der Waals surface area contributed by atoms with Crippen molar-refractivity contribution in [1.29, 1.82) is 0 Å². The van der Waals surface area contributed by atoms with Crippen molar-refractivity contribution in [3.8, 4) is 11.5 Å². The minimum absolute atomic E-state index is 0.588. The molecule has 2 aliphatic rings. The second-order valence-corrected chi connectivity index (χ2v) is 8.73. The van der Waals surface area contributed by atoms with Crippen molar-refractivity contribution < 1.29 is 9.47 Å². The van der Waals surface area contributed by atoms with Gasteiger partial charge in [-0.05, 0) is 56.8 Å². The Hall–Kier alpha value is -0.220. The van der Waals surface area contributed by atoms with Gasteiger partial charge in [-0.2, -0.15) is 4.83 Å². The molecule has 156 valence electrons. The minimum atomic E-state index is 0.588. The van der Waals surface area contributed by atoms with Crippen LogP contribution in [-0.2, 0) is 0 Å². The number of para-hydroxylation sites is 2. The summed E-state index contributed by atoms with van der Waals surface area (Å²) < 4.78 is 10.0. The summed E-state index contributed by atoms with van der Waals surface area (Å²) in [4.78, 5) is 5.71. The van der Waals surface area contributed by atoms with Gasteiger partial charge in [0.05, 0.1) is 14.2 Å². The summed E-state index contributed by atoms with van der Waals surface area (Å²) in [5, 5.41) is 0. The van der Waals surface area contributed by atoms with Gasteiger partial charge in [-0.25, -0.2) is 5.43 Å². The Morgan fingerprint density at radius 3 is 2.26 bits per heavy atom. The number of hydrazine groups is 1. The van der Waals surface area contributed by atoms with E-state index < -0.39 is 0 Å². The fraction of sp³-hybridized carbons (Fsp3) is 0.700. The number of benzene rings is 1. The standard InChI is InChI=1S/C10H20IN3S.C8H10O2.C2H6/c1-10-4-3-8(12-13-15-11)7-9(10)14(2)6-5-10;1-9-7-5-3-4-6-8(7)10-2;1-2/h8-9,12-13H,3-7H2,1-2H3;3-6H,1-2H3;1-2H3. The van der Waals surface area contributed by atoms with Gasteiger partial charge in [0.15, 0.2) is 11.5 Å². The molecule has 0 radical (unpaired) electrons. The van der Waals surface area contributed by atoms with E-state index in [1.807, 2.05) is 38.1 Å². The lowest BCUT2D eigenvalue weighted by Crippen LogP contribution is -2.49. The summed E-state index contributed by atoms with van der Waals surface area (Å²) in [6.45, 7) is 7.75. The van der Waals surface area contributed by atoms with Crippen LogP contribution in [0.25, 0.3) is 0 Å². The van der Waals surface area contributed by atoms with Crippen molar-refractivity contribution in [2.75, 3.05) is 27.8 Å². The van der Waals surface area contributed by atoms with Crippen LogP contribution in [0.4, 0.5) is 0 Å². The highest BCUT2D eigenvalue weighted by Crippen LogP contribution is 2.45. The smallest absolute Gasteiger partial charge is 0.160 e. The van der Waals surface area contributed by atoms with E-state index in [1.54, 1.807) is 23.3 Å². The molecule has 27 heavy (non-hydrogen) atoms. The molecule has 1 aliphatic heterocycles. The van der Waals surface area contributed by atoms with Crippen molar-refractivity contribution in [1.82, 2.24) is 15.2 Å². The largest absolute Gasteiger partial charge is 0.493 e. The number of ether oxygens (including phenoxy) is 2. The van der Waals surface area contributed by atoms with Gasteiger partial charge in [0, 0.05) is 42.4 Å². The number of hydrogen-bond acceptors (Lipinski definition) is 6. The number of methoxy groups -OCH3 is 2. The van der Waals surface area contributed by atoms with E-state index in [0.717, 1.165) is 17.5 Å². The van der Waals surface area contributed by atoms with E-state index in [0.29, 0.717) is 11.5 Å². The molecule has 3 atom stereocenters. The number of rotatable bonds is 5. The van der Waals surface area contributed by atoms with Crippen LogP contribution in [0.1, 0.15) is 46.5 Å². The van der Waals surface area contributed by atoms with Crippen LogP contribution < -0.4 is 19.7 Å². The maximum Gasteiger partial charge on any atom is 0.160 e. The number of halogens is 1. The molecule has 7 heteroatoms. The Balaban J connectivity index is 0.000000265. The third kappa shape index (κ3) is 7.27. The van der Waals surface area contributed by atoms with E-state index in [2.05, 4.69) is 50.3 Å². The van der Waals surface area contributed by atoms with E-state index in [-0.39, 0.29) is 0 Å². The Labute approximate surface area is 182 Å². The Bertz CT molecular complexity index is 515. The molecule has 0 bridgehead atoms. The molecular formula is C20H36IN3O2S. The second-order valence-electron chi connectivity index (χ2n) is 7.05. The number of likely N-dealkylation sites (tertiary alicyclic amines) is 1. The molecule has 5 nitrogen and oxygen atoms in total. The quantitative estimate of drug-likeness (QED) is 0.328. The molecule has 2 N–H and O–H groups in total. The third-order valence-corrected chi connectivity index (χ3v) is 6.39. The number of hydrogen-bond donors (Lipinski definition) is 2. The van der Waals surface area contributed by atoms with Crippen LogP contribution in [0.5, 0.6) is 11.5 Å². The predicted octanol–water partition coefficient (Wildman–Crippen LogP) is 5.07. The number of fused-ring (bicyclic) bond motifs is 1. The molecule has 1 heterocycles. The molecule has 1 saturated carbocycles. The Morgan fingerprint density at radius 1 is 1.15 bits per heavy atom.